The Morgan fingerprint density at radius 3 is 2.62 bits per heavy atom. The second-order valence-electron chi connectivity index (χ2n) is 12.5. The van der Waals surface area contributed by atoms with Gasteiger partial charge in [-0.05, 0) is 87.9 Å². The van der Waals surface area contributed by atoms with E-state index in [-0.39, 0.29) is 11.6 Å². The van der Waals surface area contributed by atoms with Crippen LogP contribution in [0.5, 0.6) is 0 Å². The number of anilines is 2. The monoisotopic (exact) mass is 532 g/mol. The van der Waals surface area contributed by atoms with E-state index in [1.165, 1.54) is 53.6 Å². The third-order valence-corrected chi connectivity index (χ3v) is 9.77. The van der Waals surface area contributed by atoms with Gasteiger partial charge in [-0.25, -0.2) is 4.79 Å². The Morgan fingerprint density at radius 2 is 1.85 bits per heavy atom. The summed E-state index contributed by atoms with van der Waals surface area (Å²) in [7, 11) is 0. The summed E-state index contributed by atoms with van der Waals surface area (Å²) in [5.74, 6) is 0.654. The van der Waals surface area contributed by atoms with Crippen LogP contribution in [0.15, 0.2) is 42.7 Å². The zero-order valence-electron chi connectivity index (χ0n) is 23.8. The molecule has 2 aromatic rings. The molecule has 8 nitrogen and oxygen atoms in total. The molecule has 2 spiro atoms. The predicted molar refractivity (Wildman–Crippen MR) is 155 cm³/mol. The van der Waals surface area contributed by atoms with Gasteiger partial charge < -0.3 is 19.9 Å². The predicted octanol–water partition coefficient (Wildman–Crippen LogP) is 5.24. The van der Waals surface area contributed by atoms with Gasteiger partial charge in [0.25, 0.3) is 0 Å². The smallest absolute Gasteiger partial charge is 0.344 e. The molecule has 6 rings (SSSR count). The first-order chi connectivity index (χ1) is 18.8. The van der Waals surface area contributed by atoms with E-state index in [9.17, 15) is 4.79 Å². The van der Waals surface area contributed by atoms with Gasteiger partial charge >= 0.3 is 6.03 Å². The molecule has 1 aromatic carbocycles. The molecule has 8 heteroatoms. The number of piperidine rings is 1. The maximum atomic E-state index is 13.2. The van der Waals surface area contributed by atoms with E-state index in [4.69, 9.17) is 4.74 Å². The molecular weight excluding hydrogens is 488 g/mol. The summed E-state index contributed by atoms with van der Waals surface area (Å²) in [5.41, 5.74) is 5.65. The molecule has 1 amide bonds. The van der Waals surface area contributed by atoms with E-state index >= 15 is 0 Å². The van der Waals surface area contributed by atoms with E-state index < -0.39 is 0 Å². The van der Waals surface area contributed by atoms with Crippen molar-refractivity contribution in [2.24, 2.45) is 5.41 Å². The van der Waals surface area contributed by atoms with Gasteiger partial charge in [0.15, 0.2) is 5.82 Å². The quantitative estimate of drug-likeness (QED) is 0.568. The fourth-order valence-electron chi connectivity index (χ4n) is 7.44. The lowest BCUT2D eigenvalue weighted by Crippen LogP contribution is -2.53. The summed E-state index contributed by atoms with van der Waals surface area (Å²) in [4.78, 5) is 20.5. The Hall–Kier alpha value is -2.84. The van der Waals surface area contributed by atoms with Crippen LogP contribution in [0.4, 0.5) is 16.3 Å². The molecule has 1 aromatic heterocycles. The first kappa shape index (κ1) is 26.4. The van der Waals surface area contributed by atoms with Gasteiger partial charge in [-0.2, -0.15) is 4.68 Å². The Morgan fingerprint density at radius 1 is 1.05 bits per heavy atom. The van der Waals surface area contributed by atoms with Crippen molar-refractivity contribution in [2.75, 3.05) is 56.2 Å². The number of allylic oxidation sites excluding steroid dienone is 1. The van der Waals surface area contributed by atoms with Gasteiger partial charge in [-0.15, -0.1) is 5.10 Å². The van der Waals surface area contributed by atoms with E-state index in [1.807, 2.05) is 17.9 Å². The molecule has 0 aliphatic carbocycles. The fourth-order valence-corrected chi connectivity index (χ4v) is 7.44. The number of hydrogen-bond donors (Lipinski definition) is 1. The third-order valence-electron chi connectivity index (χ3n) is 9.77. The molecule has 0 saturated carbocycles. The van der Waals surface area contributed by atoms with E-state index in [0.29, 0.717) is 11.2 Å². The SMILES string of the molecule is C=C(C)Nc1ccn(C(=O)N2CCC3(CCCN3Cc3ccc(C)cc3N3CCC4(CCOCC4)C3)CC2)n1. The zero-order valence-corrected chi connectivity index (χ0v) is 23.8. The van der Waals surface area contributed by atoms with Gasteiger partial charge in [0, 0.05) is 75.1 Å². The molecule has 5 heterocycles. The number of carbonyl (C=O) groups excluding carboxylic acids is 1. The number of likely N-dealkylation sites (tertiary alicyclic amines) is 2. The molecule has 0 unspecified atom stereocenters. The van der Waals surface area contributed by atoms with Crippen molar-refractivity contribution in [2.45, 2.75) is 70.9 Å². The minimum atomic E-state index is -0.0407. The lowest BCUT2D eigenvalue weighted by atomic mass is 9.80. The Labute approximate surface area is 233 Å². The van der Waals surface area contributed by atoms with Gasteiger partial charge in [-0.3, -0.25) is 4.90 Å². The molecule has 4 aliphatic rings. The lowest BCUT2D eigenvalue weighted by Gasteiger charge is -2.45. The van der Waals surface area contributed by atoms with Gasteiger partial charge in [-0.1, -0.05) is 18.7 Å². The maximum Gasteiger partial charge on any atom is 0.344 e. The highest BCUT2D eigenvalue weighted by Crippen LogP contribution is 2.44. The number of nitrogens with zero attached hydrogens (tertiary/aromatic N) is 5. The highest BCUT2D eigenvalue weighted by atomic mass is 16.5. The van der Waals surface area contributed by atoms with Crippen LogP contribution in [0.25, 0.3) is 0 Å². The van der Waals surface area contributed by atoms with Crippen LogP contribution in [-0.4, -0.2) is 77.1 Å². The number of benzene rings is 1. The number of hydrogen-bond acceptors (Lipinski definition) is 6. The van der Waals surface area contributed by atoms with Gasteiger partial charge in [0.1, 0.15) is 0 Å². The molecule has 4 aliphatic heterocycles. The van der Waals surface area contributed by atoms with Crippen molar-refractivity contribution in [1.82, 2.24) is 19.6 Å². The number of nitrogens with one attached hydrogen (secondary N) is 1. The van der Waals surface area contributed by atoms with E-state index in [0.717, 1.165) is 71.0 Å². The summed E-state index contributed by atoms with van der Waals surface area (Å²) in [6.45, 7) is 15.8. The average Bonchev–Trinajstić information content (AvgIpc) is 3.65. The van der Waals surface area contributed by atoms with Crippen molar-refractivity contribution in [1.29, 1.82) is 0 Å². The molecule has 0 bridgehead atoms. The van der Waals surface area contributed by atoms with Crippen molar-refractivity contribution >= 4 is 17.5 Å². The maximum absolute atomic E-state index is 13.2. The summed E-state index contributed by atoms with van der Waals surface area (Å²) in [6, 6.07) is 8.85. The molecule has 4 fully saturated rings. The highest BCUT2D eigenvalue weighted by molar-refractivity contribution is 5.76. The lowest BCUT2D eigenvalue weighted by molar-refractivity contribution is 0.0254. The largest absolute Gasteiger partial charge is 0.381 e. The van der Waals surface area contributed by atoms with Crippen LogP contribution >= 0.6 is 0 Å². The van der Waals surface area contributed by atoms with Crippen molar-refractivity contribution < 1.29 is 9.53 Å². The highest BCUT2D eigenvalue weighted by Gasteiger charge is 2.45. The first-order valence-corrected chi connectivity index (χ1v) is 14.8. The number of amides is 1. The van der Waals surface area contributed by atoms with Crippen LogP contribution in [0.2, 0.25) is 0 Å². The Balaban J connectivity index is 1.13. The van der Waals surface area contributed by atoms with Gasteiger partial charge in [0.2, 0.25) is 0 Å². The Kier molecular flexibility index (Phi) is 7.18. The van der Waals surface area contributed by atoms with Crippen LogP contribution in [-0.2, 0) is 11.3 Å². The number of rotatable bonds is 5. The Bertz CT molecular complexity index is 1210. The fraction of sp³-hybridized carbons (Fsp3) is 0.613. The molecule has 39 heavy (non-hydrogen) atoms. The second kappa shape index (κ2) is 10.6. The zero-order chi connectivity index (χ0) is 27.0. The molecule has 210 valence electrons. The normalized spacial score (nSPS) is 22.6. The topological polar surface area (TPSA) is 65.9 Å². The summed E-state index contributed by atoms with van der Waals surface area (Å²) in [6.07, 6.45) is 9.90. The number of aryl methyl sites for hydroxylation is 1. The number of ether oxygens (including phenoxy) is 1. The third kappa shape index (κ3) is 5.33. The molecule has 0 atom stereocenters. The van der Waals surface area contributed by atoms with E-state index in [2.05, 4.69) is 51.9 Å². The van der Waals surface area contributed by atoms with Crippen molar-refractivity contribution in [3.63, 3.8) is 0 Å². The van der Waals surface area contributed by atoms with Crippen molar-refractivity contribution in [3.8, 4) is 0 Å². The molecular formula is C31H44N6O2. The molecule has 0 radical (unpaired) electrons. The van der Waals surface area contributed by atoms with Crippen LogP contribution in [0.1, 0.15) is 63.0 Å². The number of aromatic nitrogens is 2. The summed E-state index contributed by atoms with van der Waals surface area (Å²) < 4.78 is 7.15. The minimum Gasteiger partial charge on any atom is -0.381 e. The average molecular weight is 533 g/mol. The van der Waals surface area contributed by atoms with Crippen LogP contribution in [0, 0.1) is 12.3 Å². The summed E-state index contributed by atoms with van der Waals surface area (Å²) in [5, 5.41) is 7.49. The molecule has 4 saturated heterocycles. The van der Waals surface area contributed by atoms with Crippen molar-refractivity contribution in [3.05, 3.63) is 53.9 Å². The van der Waals surface area contributed by atoms with Crippen LogP contribution in [0.3, 0.4) is 0 Å². The number of carbonyl (C=O) groups is 1. The first-order valence-electron chi connectivity index (χ1n) is 14.8. The second-order valence-corrected chi connectivity index (χ2v) is 12.5. The van der Waals surface area contributed by atoms with Crippen LogP contribution < -0.4 is 10.2 Å². The van der Waals surface area contributed by atoms with E-state index in [1.54, 1.807) is 6.20 Å². The summed E-state index contributed by atoms with van der Waals surface area (Å²) >= 11 is 0. The van der Waals surface area contributed by atoms with Gasteiger partial charge in [0.05, 0.1) is 0 Å². The minimum absolute atomic E-state index is 0.0407. The standard InChI is InChI=1S/C31H44N6O2/c1-24(2)32-28-7-15-37(33-28)29(38)34-17-10-31(11-18-34)8-4-14-36(31)22-26-6-5-25(3)21-27(26)35-16-9-30(23-35)12-19-39-20-13-30/h5-7,15,21H,1,4,8-14,16-20,22-23H2,2-3H3,(H,32,33). The molecule has 1 N–H and O–H groups in total.